The third-order valence-electron chi connectivity index (χ3n) is 3.01. The predicted octanol–water partition coefficient (Wildman–Crippen LogP) is 0.441. The number of nitrogens with zero attached hydrogens (tertiary/aromatic N) is 1. The molecule has 0 amide bonds. The summed E-state index contributed by atoms with van der Waals surface area (Å²) in [5.74, 6) is 0.920. The van der Waals surface area contributed by atoms with Crippen molar-refractivity contribution in [1.82, 2.24) is 10.2 Å². The molecule has 82 valence electrons. The summed E-state index contributed by atoms with van der Waals surface area (Å²) < 4.78 is 0. The summed E-state index contributed by atoms with van der Waals surface area (Å²) in [5, 5.41) is 13.1. The topological polar surface area (TPSA) is 35.5 Å². The molecule has 0 aliphatic heterocycles. The molecule has 2 N–H and O–H groups in total. The first-order chi connectivity index (χ1) is 6.74. The Morgan fingerprint density at radius 3 is 2.64 bits per heavy atom. The molecular weight excluding hydrogens is 176 g/mol. The zero-order valence-electron chi connectivity index (χ0n) is 9.08. The fourth-order valence-corrected chi connectivity index (χ4v) is 1.83. The maximum atomic E-state index is 9.73. The third kappa shape index (κ3) is 3.95. The van der Waals surface area contributed by atoms with Crippen LogP contribution in [0.25, 0.3) is 0 Å². The molecule has 0 spiro atoms. The van der Waals surface area contributed by atoms with Crippen molar-refractivity contribution in [1.29, 1.82) is 0 Å². The van der Waals surface area contributed by atoms with E-state index in [2.05, 4.69) is 17.3 Å². The van der Waals surface area contributed by atoms with E-state index in [1.807, 2.05) is 0 Å². The molecule has 1 unspecified atom stereocenters. The molecule has 0 aromatic carbocycles. The quantitative estimate of drug-likeness (QED) is 0.623. The Morgan fingerprint density at radius 1 is 1.36 bits per heavy atom. The van der Waals surface area contributed by atoms with E-state index in [1.165, 1.54) is 32.2 Å². The molecule has 2 rings (SSSR count). The van der Waals surface area contributed by atoms with E-state index >= 15 is 0 Å². The normalized spacial score (nSPS) is 24.2. The fraction of sp³-hybridized carbons (Fsp3) is 1.00. The lowest BCUT2D eigenvalue weighted by Gasteiger charge is -2.20. The number of rotatable bonds is 7. The van der Waals surface area contributed by atoms with Crippen LogP contribution in [-0.4, -0.2) is 48.8 Å². The van der Waals surface area contributed by atoms with Crippen molar-refractivity contribution < 1.29 is 5.11 Å². The Morgan fingerprint density at radius 2 is 2.07 bits per heavy atom. The third-order valence-corrected chi connectivity index (χ3v) is 3.01. The van der Waals surface area contributed by atoms with Crippen LogP contribution in [0.3, 0.4) is 0 Å². The summed E-state index contributed by atoms with van der Waals surface area (Å²) in [5.41, 5.74) is 0. The number of likely N-dealkylation sites (N-methyl/N-ethyl adjacent to an activating group) is 1. The summed E-state index contributed by atoms with van der Waals surface area (Å²) in [7, 11) is 2.11. The molecule has 3 nitrogen and oxygen atoms in total. The van der Waals surface area contributed by atoms with Gasteiger partial charge in [-0.25, -0.2) is 0 Å². The summed E-state index contributed by atoms with van der Waals surface area (Å²) in [6, 6.07) is 0.707. The minimum Gasteiger partial charge on any atom is -0.390 e. The maximum Gasteiger partial charge on any atom is 0.0791 e. The van der Waals surface area contributed by atoms with Gasteiger partial charge in [0.25, 0.3) is 0 Å². The Labute approximate surface area is 86.5 Å². The lowest BCUT2D eigenvalue weighted by molar-refractivity contribution is 0.121. The Bertz CT molecular complexity index is 178. The summed E-state index contributed by atoms with van der Waals surface area (Å²) in [4.78, 5) is 2.26. The highest BCUT2D eigenvalue weighted by atomic mass is 16.3. The highest BCUT2D eigenvalue weighted by Gasteiger charge is 2.24. The van der Waals surface area contributed by atoms with Crippen LogP contribution in [0.4, 0.5) is 0 Å². The van der Waals surface area contributed by atoms with Gasteiger partial charge in [-0.15, -0.1) is 0 Å². The SMILES string of the molecule is CN(CC(O)CNC1CC1)CC1CC1. The Kier molecular flexibility index (Phi) is 3.42. The molecule has 0 bridgehead atoms. The Balaban J connectivity index is 1.52. The van der Waals surface area contributed by atoms with Gasteiger partial charge in [-0.3, -0.25) is 0 Å². The van der Waals surface area contributed by atoms with E-state index in [1.54, 1.807) is 0 Å². The molecule has 14 heavy (non-hydrogen) atoms. The van der Waals surface area contributed by atoms with Crippen LogP contribution in [0.5, 0.6) is 0 Å². The fourth-order valence-electron chi connectivity index (χ4n) is 1.83. The van der Waals surface area contributed by atoms with Gasteiger partial charge >= 0.3 is 0 Å². The van der Waals surface area contributed by atoms with Gasteiger partial charge in [-0.1, -0.05) is 0 Å². The van der Waals surface area contributed by atoms with E-state index in [0.717, 1.165) is 19.0 Å². The molecule has 2 fully saturated rings. The molecule has 3 heteroatoms. The van der Waals surface area contributed by atoms with Crippen LogP contribution in [0, 0.1) is 5.92 Å². The maximum absolute atomic E-state index is 9.73. The monoisotopic (exact) mass is 198 g/mol. The second kappa shape index (κ2) is 4.60. The minimum absolute atomic E-state index is 0.195. The molecule has 1 atom stereocenters. The summed E-state index contributed by atoms with van der Waals surface area (Å²) >= 11 is 0. The molecule has 0 radical (unpaired) electrons. The van der Waals surface area contributed by atoms with Gasteiger partial charge in [-0.2, -0.15) is 0 Å². The first-order valence-electron chi connectivity index (χ1n) is 5.84. The van der Waals surface area contributed by atoms with E-state index in [0.29, 0.717) is 6.04 Å². The van der Waals surface area contributed by atoms with E-state index in [-0.39, 0.29) is 6.10 Å². The van der Waals surface area contributed by atoms with Gasteiger partial charge in [0.15, 0.2) is 0 Å². The van der Waals surface area contributed by atoms with Crippen LogP contribution in [0.1, 0.15) is 25.7 Å². The summed E-state index contributed by atoms with van der Waals surface area (Å²) in [6.45, 7) is 2.75. The van der Waals surface area contributed by atoms with Gasteiger partial charge in [-0.05, 0) is 38.6 Å². The van der Waals surface area contributed by atoms with Crippen LogP contribution >= 0.6 is 0 Å². The second-order valence-corrected chi connectivity index (χ2v) is 5.00. The van der Waals surface area contributed by atoms with Gasteiger partial charge in [0.1, 0.15) is 0 Å². The van der Waals surface area contributed by atoms with Gasteiger partial charge < -0.3 is 15.3 Å². The van der Waals surface area contributed by atoms with Crippen LogP contribution in [0.15, 0.2) is 0 Å². The van der Waals surface area contributed by atoms with E-state index < -0.39 is 0 Å². The van der Waals surface area contributed by atoms with Gasteiger partial charge in [0.05, 0.1) is 6.10 Å². The molecule has 2 aliphatic carbocycles. The molecule has 0 saturated heterocycles. The van der Waals surface area contributed by atoms with E-state index in [4.69, 9.17) is 0 Å². The van der Waals surface area contributed by atoms with Crippen molar-refractivity contribution in [3.63, 3.8) is 0 Å². The summed E-state index contributed by atoms with van der Waals surface area (Å²) in [6.07, 6.45) is 5.18. The van der Waals surface area contributed by atoms with E-state index in [9.17, 15) is 5.11 Å². The molecule has 0 heterocycles. The molecule has 0 aromatic rings. The highest BCUT2D eigenvalue weighted by Crippen LogP contribution is 2.29. The van der Waals surface area contributed by atoms with Crippen LogP contribution in [-0.2, 0) is 0 Å². The predicted molar refractivity (Wildman–Crippen MR) is 57.3 cm³/mol. The average molecular weight is 198 g/mol. The van der Waals surface area contributed by atoms with Gasteiger partial charge in [0.2, 0.25) is 0 Å². The standard InChI is InChI=1S/C11H22N2O/c1-13(7-9-2-3-9)8-11(14)6-12-10-4-5-10/h9-12,14H,2-8H2,1H3. The van der Waals surface area contributed by atoms with Crippen molar-refractivity contribution in [3.05, 3.63) is 0 Å². The molecule has 2 saturated carbocycles. The average Bonchev–Trinajstić information content (AvgIpc) is 2.95. The van der Waals surface area contributed by atoms with Crippen molar-refractivity contribution in [2.75, 3.05) is 26.7 Å². The highest BCUT2D eigenvalue weighted by molar-refractivity contribution is 4.82. The first-order valence-corrected chi connectivity index (χ1v) is 5.84. The number of nitrogens with one attached hydrogen (secondary N) is 1. The Hall–Kier alpha value is -0.120. The molecular formula is C11H22N2O. The number of aliphatic hydroxyl groups is 1. The van der Waals surface area contributed by atoms with Crippen LogP contribution in [0.2, 0.25) is 0 Å². The van der Waals surface area contributed by atoms with Gasteiger partial charge in [0, 0.05) is 25.7 Å². The number of hydrogen-bond acceptors (Lipinski definition) is 3. The second-order valence-electron chi connectivity index (χ2n) is 5.00. The molecule has 2 aliphatic rings. The van der Waals surface area contributed by atoms with Crippen molar-refractivity contribution in [2.24, 2.45) is 5.92 Å². The molecule has 0 aromatic heterocycles. The lowest BCUT2D eigenvalue weighted by atomic mass is 10.3. The number of aliphatic hydroxyl groups excluding tert-OH is 1. The largest absolute Gasteiger partial charge is 0.390 e. The number of hydrogen-bond donors (Lipinski definition) is 2. The lowest BCUT2D eigenvalue weighted by Crippen LogP contribution is -2.38. The minimum atomic E-state index is -0.195. The van der Waals surface area contributed by atoms with Crippen molar-refractivity contribution in [3.8, 4) is 0 Å². The van der Waals surface area contributed by atoms with Crippen LogP contribution < -0.4 is 5.32 Å². The first kappa shape index (κ1) is 10.4. The zero-order chi connectivity index (χ0) is 9.97. The smallest absolute Gasteiger partial charge is 0.0791 e. The van der Waals surface area contributed by atoms with Crippen molar-refractivity contribution in [2.45, 2.75) is 37.8 Å². The zero-order valence-corrected chi connectivity index (χ0v) is 9.08. The van der Waals surface area contributed by atoms with Crippen molar-refractivity contribution >= 4 is 0 Å².